The third-order valence-electron chi connectivity index (χ3n) is 3.28. The predicted molar refractivity (Wildman–Crippen MR) is 89.0 cm³/mol. The van der Waals surface area contributed by atoms with Gasteiger partial charge in [0.1, 0.15) is 0 Å². The maximum absolute atomic E-state index is 8.80. The van der Waals surface area contributed by atoms with Crippen LogP contribution in [-0.2, 0) is 0 Å². The number of hydrogen-bond acceptors (Lipinski definition) is 3. The Labute approximate surface area is 130 Å². The lowest BCUT2D eigenvalue weighted by Gasteiger charge is -2.19. The second kappa shape index (κ2) is 7.56. The summed E-state index contributed by atoms with van der Waals surface area (Å²) in [7, 11) is 2.09. The lowest BCUT2D eigenvalue weighted by atomic mass is 10.2. The van der Waals surface area contributed by atoms with E-state index in [1.165, 1.54) is 5.69 Å². The van der Waals surface area contributed by atoms with Gasteiger partial charge in [-0.15, -0.1) is 0 Å². The van der Waals surface area contributed by atoms with Gasteiger partial charge < -0.3 is 10.2 Å². The number of nitrogens with zero attached hydrogens (tertiary/aromatic N) is 2. The molecule has 0 aromatic heterocycles. The normalized spacial score (nSPS) is 9.95. The second-order valence-corrected chi connectivity index (χ2v) is 5.25. The molecule has 0 saturated carbocycles. The first kappa shape index (κ1) is 15.2. The summed E-state index contributed by atoms with van der Waals surface area (Å²) in [5.74, 6) is 0. The van der Waals surface area contributed by atoms with Gasteiger partial charge in [-0.2, -0.15) is 5.26 Å². The fraction of sp³-hybridized carbons (Fsp3) is 0.235. The van der Waals surface area contributed by atoms with E-state index in [-0.39, 0.29) is 0 Å². The molecule has 0 aliphatic rings. The molecule has 0 spiro atoms. The first-order valence-corrected chi connectivity index (χ1v) is 7.28. The summed E-state index contributed by atoms with van der Waals surface area (Å²) in [4.78, 5) is 2.22. The van der Waals surface area contributed by atoms with E-state index in [1.807, 2.05) is 24.3 Å². The summed E-state index contributed by atoms with van der Waals surface area (Å²) in [6.45, 7) is 1.80. The molecule has 108 valence electrons. The molecule has 4 heteroatoms. The van der Waals surface area contributed by atoms with Crippen molar-refractivity contribution in [3.05, 3.63) is 59.1 Å². The summed E-state index contributed by atoms with van der Waals surface area (Å²) in [6.07, 6.45) is 1.00. The van der Waals surface area contributed by atoms with Crippen molar-refractivity contribution in [3.8, 4) is 6.07 Å². The number of para-hydroxylation sites is 1. The van der Waals surface area contributed by atoms with Gasteiger partial charge >= 0.3 is 0 Å². The monoisotopic (exact) mass is 299 g/mol. The van der Waals surface area contributed by atoms with Crippen molar-refractivity contribution in [1.29, 1.82) is 5.26 Å². The van der Waals surface area contributed by atoms with Gasteiger partial charge in [0, 0.05) is 25.8 Å². The minimum atomic E-state index is 0.578. The molecule has 0 bridgehead atoms. The van der Waals surface area contributed by atoms with E-state index in [0.717, 1.165) is 25.2 Å². The molecule has 1 N–H and O–H groups in total. The fourth-order valence-corrected chi connectivity index (χ4v) is 2.33. The van der Waals surface area contributed by atoms with Crippen LogP contribution in [-0.4, -0.2) is 20.1 Å². The van der Waals surface area contributed by atoms with Crippen LogP contribution in [0.15, 0.2) is 48.5 Å². The van der Waals surface area contributed by atoms with Gasteiger partial charge in [0.05, 0.1) is 22.3 Å². The highest BCUT2D eigenvalue weighted by molar-refractivity contribution is 6.33. The van der Waals surface area contributed by atoms with E-state index in [9.17, 15) is 0 Å². The average molecular weight is 300 g/mol. The van der Waals surface area contributed by atoms with Crippen LogP contribution >= 0.6 is 11.6 Å². The van der Waals surface area contributed by atoms with E-state index in [1.54, 1.807) is 12.1 Å². The molecule has 0 atom stereocenters. The Hall–Kier alpha value is -2.18. The minimum absolute atomic E-state index is 0.578. The Bertz CT molecular complexity index is 620. The van der Waals surface area contributed by atoms with Crippen molar-refractivity contribution < 1.29 is 0 Å². The van der Waals surface area contributed by atoms with E-state index in [0.29, 0.717) is 10.6 Å². The smallest absolute Gasteiger partial charge is 0.0992 e. The van der Waals surface area contributed by atoms with Crippen molar-refractivity contribution in [1.82, 2.24) is 0 Å². The maximum atomic E-state index is 8.80. The summed E-state index contributed by atoms with van der Waals surface area (Å²) in [5.41, 5.74) is 2.67. The molecular weight excluding hydrogens is 282 g/mol. The molecule has 21 heavy (non-hydrogen) atoms. The maximum Gasteiger partial charge on any atom is 0.0992 e. The van der Waals surface area contributed by atoms with Crippen molar-refractivity contribution in [2.45, 2.75) is 6.42 Å². The van der Waals surface area contributed by atoms with Gasteiger partial charge in [0.25, 0.3) is 0 Å². The van der Waals surface area contributed by atoms with Gasteiger partial charge in [-0.25, -0.2) is 0 Å². The van der Waals surface area contributed by atoms with Crippen LogP contribution in [0.25, 0.3) is 0 Å². The Morgan fingerprint density at radius 1 is 1.19 bits per heavy atom. The highest BCUT2D eigenvalue weighted by Gasteiger charge is 2.02. The molecule has 0 saturated heterocycles. The van der Waals surface area contributed by atoms with Gasteiger partial charge in [-0.05, 0) is 36.8 Å². The third kappa shape index (κ3) is 4.40. The lowest BCUT2D eigenvalue weighted by molar-refractivity contribution is 0.816. The fourth-order valence-electron chi connectivity index (χ4n) is 2.08. The molecule has 2 rings (SSSR count). The molecule has 2 aromatic rings. The Balaban J connectivity index is 1.79. The van der Waals surface area contributed by atoms with Crippen molar-refractivity contribution in [3.63, 3.8) is 0 Å². The number of nitrogens with one attached hydrogen (secondary N) is 1. The van der Waals surface area contributed by atoms with Crippen molar-refractivity contribution in [2.75, 3.05) is 30.4 Å². The number of hydrogen-bond donors (Lipinski definition) is 1. The zero-order valence-corrected chi connectivity index (χ0v) is 12.8. The molecule has 0 radical (unpaired) electrons. The molecule has 0 heterocycles. The van der Waals surface area contributed by atoms with Crippen molar-refractivity contribution >= 4 is 23.0 Å². The number of halogens is 1. The van der Waals surface area contributed by atoms with Gasteiger partial charge in [-0.3, -0.25) is 0 Å². The van der Waals surface area contributed by atoms with Gasteiger partial charge in [0.2, 0.25) is 0 Å². The summed E-state index contributed by atoms with van der Waals surface area (Å²) in [5, 5.41) is 12.7. The number of benzene rings is 2. The molecule has 0 unspecified atom stereocenters. The highest BCUT2D eigenvalue weighted by atomic mass is 35.5. The summed E-state index contributed by atoms with van der Waals surface area (Å²) in [6, 6.07) is 17.7. The molecule has 0 amide bonds. The molecule has 0 fully saturated rings. The zero-order valence-electron chi connectivity index (χ0n) is 12.0. The van der Waals surface area contributed by atoms with Crippen LogP contribution < -0.4 is 10.2 Å². The molecule has 0 aliphatic carbocycles. The quantitative estimate of drug-likeness (QED) is 0.814. The van der Waals surface area contributed by atoms with Crippen LogP contribution in [0.4, 0.5) is 11.4 Å². The molecular formula is C17H18ClN3. The number of anilines is 2. The third-order valence-corrected chi connectivity index (χ3v) is 3.59. The van der Waals surface area contributed by atoms with E-state index >= 15 is 0 Å². The number of nitriles is 1. The SMILES string of the molecule is CN(CCCNc1ccc(C#N)cc1Cl)c1ccccc1. The van der Waals surface area contributed by atoms with Crippen LogP contribution in [0.1, 0.15) is 12.0 Å². The van der Waals surface area contributed by atoms with Crippen LogP contribution in [0.5, 0.6) is 0 Å². The predicted octanol–water partition coefficient (Wildman–Crippen LogP) is 4.15. The lowest BCUT2D eigenvalue weighted by Crippen LogP contribution is -2.20. The minimum Gasteiger partial charge on any atom is -0.384 e. The van der Waals surface area contributed by atoms with Gasteiger partial charge in [-0.1, -0.05) is 29.8 Å². The first-order valence-electron chi connectivity index (χ1n) is 6.90. The molecule has 2 aromatic carbocycles. The average Bonchev–Trinajstić information content (AvgIpc) is 2.53. The Morgan fingerprint density at radius 3 is 2.62 bits per heavy atom. The van der Waals surface area contributed by atoms with Crippen LogP contribution in [0.2, 0.25) is 5.02 Å². The standard InChI is InChI=1S/C17H18ClN3/c1-21(15-6-3-2-4-7-15)11-5-10-20-17-9-8-14(13-19)12-16(17)18/h2-4,6-9,12,20H,5,10-11H2,1H3. The number of rotatable bonds is 6. The summed E-state index contributed by atoms with van der Waals surface area (Å²) < 4.78 is 0. The Kier molecular flexibility index (Phi) is 5.48. The van der Waals surface area contributed by atoms with Crippen molar-refractivity contribution in [2.24, 2.45) is 0 Å². The first-order chi connectivity index (χ1) is 10.2. The summed E-state index contributed by atoms with van der Waals surface area (Å²) >= 11 is 6.12. The van der Waals surface area contributed by atoms with E-state index in [2.05, 4.69) is 35.5 Å². The Morgan fingerprint density at radius 2 is 1.95 bits per heavy atom. The van der Waals surface area contributed by atoms with Crippen LogP contribution in [0, 0.1) is 11.3 Å². The second-order valence-electron chi connectivity index (χ2n) is 4.84. The topological polar surface area (TPSA) is 39.1 Å². The molecule has 0 aliphatic heterocycles. The zero-order chi connectivity index (χ0) is 15.1. The largest absolute Gasteiger partial charge is 0.384 e. The van der Waals surface area contributed by atoms with Gasteiger partial charge in [0.15, 0.2) is 0 Å². The molecule has 3 nitrogen and oxygen atoms in total. The van der Waals surface area contributed by atoms with Crippen LogP contribution in [0.3, 0.4) is 0 Å². The van der Waals surface area contributed by atoms with E-state index in [4.69, 9.17) is 16.9 Å². The van der Waals surface area contributed by atoms with E-state index < -0.39 is 0 Å². The highest BCUT2D eigenvalue weighted by Crippen LogP contribution is 2.22.